The summed E-state index contributed by atoms with van der Waals surface area (Å²) in [7, 11) is 0. The predicted molar refractivity (Wildman–Crippen MR) is 116 cm³/mol. The lowest BCUT2D eigenvalue weighted by molar-refractivity contribution is -0.138. The lowest BCUT2D eigenvalue weighted by Gasteiger charge is -2.04. The zero-order chi connectivity index (χ0) is 20.9. The molecule has 0 saturated heterocycles. The second kappa shape index (κ2) is 12.9. The molecule has 0 aliphatic carbocycles. The Labute approximate surface area is 178 Å². The third-order valence-electron chi connectivity index (χ3n) is 4.61. The highest BCUT2D eigenvalue weighted by Gasteiger charge is 2.12. The van der Waals surface area contributed by atoms with Crippen molar-refractivity contribution < 1.29 is 13.9 Å². The lowest BCUT2D eigenvalue weighted by Crippen LogP contribution is -2.07. The summed E-state index contributed by atoms with van der Waals surface area (Å²) < 4.78 is 10.9. The van der Waals surface area contributed by atoms with Crippen LogP contribution in [0.25, 0.3) is 17.4 Å². The SMILES string of the molecule is CCCCCCCCCCOC(=O)C(C#N)=Cc1ccc(-c2ccc(Cl)cc2)o1. The van der Waals surface area contributed by atoms with Crippen molar-refractivity contribution in [2.24, 2.45) is 0 Å². The molecule has 0 aliphatic rings. The van der Waals surface area contributed by atoms with Gasteiger partial charge in [0.15, 0.2) is 0 Å². The minimum Gasteiger partial charge on any atom is -0.462 e. The van der Waals surface area contributed by atoms with E-state index in [1.54, 1.807) is 24.3 Å². The van der Waals surface area contributed by atoms with Crippen LogP contribution in [0.15, 0.2) is 46.4 Å². The van der Waals surface area contributed by atoms with Gasteiger partial charge in [0.2, 0.25) is 0 Å². The van der Waals surface area contributed by atoms with E-state index in [1.807, 2.05) is 18.2 Å². The van der Waals surface area contributed by atoms with E-state index in [2.05, 4.69) is 6.92 Å². The summed E-state index contributed by atoms with van der Waals surface area (Å²) in [5.41, 5.74) is 0.798. The number of hydrogen-bond acceptors (Lipinski definition) is 4. The Morgan fingerprint density at radius 3 is 2.34 bits per heavy atom. The molecule has 2 rings (SSSR count). The molecule has 0 radical (unpaired) electrons. The minimum absolute atomic E-state index is 0.0680. The van der Waals surface area contributed by atoms with Gasteiger partial charge in [0.25, 0.3) is 0 Å². The molecule has 2 aromatic rings. The average Bonchev–Trinajstić information content (AvgIpc) is 3.19. The maximum atomic E-state index is 12.1. The second-order valence-corrected chi connectivity index (χ2v) is 7.43. The van der Waals surface area contributed by atoms with Crippen molar-refractivity contribution in [3.8, 4) is 17.4 Å². The number of carbonyl (C=O) groups is 1. The number of rotatable bonds is 12. The average molecular weight is 414 g/mol. The summed E-state index contributed by atoms with van der Waals surface area (Å²) in [5, 5.41) is 9.93. The molecule has 4 nitrogen and oxygen atoms in total. The van der Waals surface area contributed by atoms with Crippen molar-refractivity contribution in [2.45, 2.75) is 58.3 Å². The van der Waals surface area contributed by atoms with Crippen molar-refractivity contribution in [2.75, 3.05) is 6.61 Å². The van der Waals surface area contributed by atoms with Crippen LogP contribution in [0.2, 0.25) is 5.02 Å². The number of halogens is 1. The van der Waals surface area contributed by atoms with Gasteiger partial charge in [-0.25, -0.2) is 4.79 Å². The molecule has 0 bridgehead atoms. The van der Waals surface area contributed by atoms with Crippen LogP contribution in [0.1, 0.15) is 64.1 Å². The van der Waals surface area contributed by atoms with Gasteiger partial charge in [-0.05, 0) is 42.8 Å². The Hall–Kier alpha value is -2.51. The molecule has 0 atom stereocenters. The third-order valence-corrected chi connectivity index (χ3v) is 4.87. The summed E-state index contributed by atoms with van der Waals surface area (Å²) in [4.78, 5) is 12.1. The molecule has 1 heterocycles. The molecule has 0 saturated carbocycles. The molecule has 1 aromatic heterocycles. The fourth-order valence-electron chi connectivity index (χ4n) is 2.96. The number of esters is 1. The van der Waals surface area contributed by atoms with Gasteiger partial charge in [0.05, 0.1) is 6.61 Å². The standard InChI is InChI=1S/C24H28ClNO3/c1-2-3-4-5-6-7-8-9-16-28-24(27)20(18-26)17-22-14-15-23(29-22)19-10-12-21(25)13-11-19/h10-15,17H,2-9,16H2,1H3. The maximum Gasteiger partial charge on any atom is 0.349 e. The van der Waals surface area contributed by atoms with Crippen LogP contribution < -0.4 is 0 Å². The summed E-state index contributed by atoms with van der Waals surface area (Å²) in [6.45, 7) is 2.55. The van der Waals surface area contributed by atoms with E-state index in [4.69, 9.17) is 20.8 Å². The highest BCUT2D eigenvalue weighted by Crippen LogP contribution is 2.25. The monoisotopic (exact) mass is 413 g/mol. The molecule has 0 aliphatic heterocycles. The van der Waals surface area contributed by atoms with Gasteiger partial charge in [-0.2, -0.15) is 5.26 Å². The van der Waals surface area contributed by atoms with Crippen molar-refractivity contribution in [1.82, 2.24) is 0 Å². The lowest BCUT2D eigenvalue weighted by atomic mass is 10.1. The van der Waals surface area contributed by atoms with Crippen LogP contribution in [0.5, 0.6) is 0 Å². The van der Waals surface area contributed by atoms with E-state index in [0.29, 0.717) is 23.2 Å². The van der Waals surface area contributed by atoms with Gasteiger partial charge in [0.1, 0.15) is 23.2 Å². The van der Waals surface area contributed by atoms with Crippen molar-refractivity contribution in [3.05, 3.63) is 52.8 Å². The number of nitriles is 1. The quantitative estimate of drug-likeness (QED) is 0.160. The van der Waals surface area contributed by atoms with E-state index >= 15 is 0 Å². The summed E-state index contributed by atoms with van der Waals surface area (Å²) in [6, 6.07) is 12.6. The van der Waals surface area contributed by atoms with Crippen molar-refractivity contribution in [3.63, 3.8) is 0 Å². The highest BCUT2D eigenvalue weighted by molar-refractivity contribution is 6.30. The topological polar surface area (TPSA) is 63.2 Å². The molecule has 0 amide bonds. The predicted octanol–water partition coefficient (Wildman–Crippen LogP) is 7.19. The van der Waals surface area contributed by atoms with Crippen LogP contribution in [0.3, 0.4) is 0 Å². The highest BCUT2D eigenvalue weighted by atomic mass is 35.5. The van der Waals surface area contributed by atoms with Crippen LogP contribution in [0.4, 0.5) is 0 Å². The van der Waals surface area contributed by atoms with Crippen LogP contribution in [-0.2, 0) is 9.53 Å². The number of unbranched alkanes of at least 4 members (excludes halogenated alkanes) is 7. The van der Waals surface area contributed by atoms with Crippen molar-refractivity contribution >= 4 is 23.6 Å². The number of carbonyl (C=O) groups excluding carboxylic acids is 1. The number of furan rings is 1. The molecule has 154 valence electrons. The minimum atomic E-state index is -0.611. The Morgan fingerprint density at radius 2 is 1.69 bits per heavy atom. The van der Waals surface area contributed by atoms with Gasteiger partial charge in [-0.1, -0.05) is 63.5 Å². The molecule has 0 spiro atoms. The fraction of sp³-hybridized carbons (Fsp3) is 0.417. The van der Waals surface area contributed by atoms with E-state index in [0.717, 1.165) is 24.8 Å². The molecular formula is C24H28ClNO3. The van der Waals surface area contributed by atoms with Crippen molar-refractivity contribution in [1.29, 1.82) is 5.26 Å². The molecule has 0 N–H and O–H groups in total. The zero-order valence-corrected chi connectivity index (χ0v) is 17.7. The van der Waals surface area contributed by atoms with Gasteiger partial charge >= 0.3 is 5.97 Å². The van der Waals surface area contributed by atoms with E-state index < -0.39 is 5.97 Å². The molecular weight excluding hydrogens is 386 g/mol. The van der Waals surface area contributed by atoms with Gasteiger partial charge < -0.3 is 9.15 Å². The van der Waals surface area contributed by atoms with E-state index in [9.17, 15) is 10.1 Å². The number of nitrogens with zero attached hydrogens (tertiary/aromatic N) is 1. The van der Waals surface area contributed by atoms with E-state index in [1.165, 1.54) is 38.2 Å². The molecule has 5 heteroatoms. The molecule has 0 unspecified atom stereocenters. The normalized spacial score (nSPS) is 11.3. The molecule has 29 heavy (non-hydrogen) atoms. The van der Waals surface area contributed by atoms with Gasteiger partial charge in [0, 0.05) is 16.7 Å². The molecule has 0 fully saturated rings. The van der Waals surface area contributed by atoms with Gasteiger partial charge in [-0.3, -0.25) is 0 Å². The maximum absolute atomic E-state index is 12.1. The number of benzene rings is 1. The Balaban J connectivity index is 1.78. The first-order valence-corrected chi connectivity index (χ1v) is 10.7. The Kier molecular flexibility index (Phi) is 10.1. The largest absolute Gasteiger partial charge is 0.462 e. The van der Waals surface area contributed by atoms with Gasteiger partial charge in [-0.15, -0.1) is 0 Å². The Morgan fingerprint density at radius 1 is 1.03 bits per heavy atom. The fourth-order valence-corrected chi connectivity index (χ4v) is 3.08. The first-order chi connectivity index (χ1) is 14.1. The second-order valence-electron chi connectivity index (χ2n) is 6.99. The molecule has 1 aromatic carbocycles. The number of ether oxygens (including phenoxy) is 1. The van der Waals surface area contributed by atoms with E-state index in [-0.39, 0.29) is 5.57 Å². The van der Waals surface area contributed by atoms with Crippen LogP contribution in [-0.4, -0.2) is 12.6 Å². The third kappa shape index (κ3) is 8.17. The zero-order valence-electron chi connectivity index (χ0n) is 17.0. The number of hydrogen-bond donors (Lipinski definition) is 0. The smallest absolute Gasteiger partial charge is 0.349 e. The first kappa shape index (κ1) is 22.8. The summed E-state index contributed by atoms with van der Waals surface area (Å²) >= 11 is 5.89. The van der Waals surface area contributed by atoms with Crippen LogP contribution >= 0.6 is 11.6 Å². The van der Waals surface area contributed by atoms with Crippen LogP contribution in [0, 0.1) is 11.3 Å². The first-order valence-electron chi connectivity index (χ1n) is 10.3. The summed E-state index contributed by atoms with van der Waals surface area (Å²) in [6.07, 6.45) is 10.8. The summed E-state index contributed by atoms with van der Waals surface area (Å²) in [5.74, 6) is 0.452. The Bertz CT molecular complexity index is 831.